The van der Waals surface area contributed by atoms with Gasteiger partial charge in [-0.3, -0.25) is 0 Å². The number of aromatic nitrogens is 2. The summed E-state index contributed by atoms with van der Waals surface area (Å²) < 4.78 is 8.66. The van der Waals surface area contributed by atoms with E-state index in [1.807, 2.05) is 30.0 Å². The van der Waals surface area contributed by atoms with Crippen molar-refractivity contribution in [3.63, 3.8) is 0 Å². The van der Waals surface area contributed by atoms with E-state index in [1.54, 1.807) is 4.90 Å². The Hall–Kier alpha value is -1.79. The summed E-state index contributed by atoms with van der Waals surface area (Å²) >= 11 is 8.30. The summed E-state index contributed by atoms with van der Waals surface area (Å²) in [6.07, 6.45) is 13.2. The third-order valence-corrected chi connectivity index (χ3v) is 13.5. The fourth-order valence-electron chi connectivity index (χ4n) is 6.70. The van der Waals surface area contributed by atoms with E-state index >= 15 is 0 Å². The predicted octanol–water partition coefficient (Wildman–Crippen LogP) is 10.8. The number of ether oxygens (including phenoxy) is 1. The molecule has 2 saturated heterocycles. The Morgan fingerprint density at radius 1 is 1.00 bits per heavy atom. The number of thioether (sulfide) groups is 1. The van der Waals surface area contributed by atoms with Crippen LogP contribution in [0.1, 0.15) is 110 Å². The molecule has 0 radical (unpaired) electrons. The first-order chi connectivity index (χ1) is 22.6. The minimum absolute atomic E-state index is 0.0216. The van der Waals surface area contributed by atoms with Gasteiger partial charge in [-0.15, -0.1) is 11.8 Å². The topological polar surface area (TPSA) is 78.8 Å². The molecule has 2 aliphatic rings. The lowest BCUT2D eigenvalue weighted by atomic mass is 9.95. The fourth-order valence-corrected chi connectivity index (χ4v) is 9.43. The Morgan fingerprint density at radius 2 is 1.66 bits per heavy atom. The number of halogens is 2. The molecule has 1 amide bonds. The molecule has 0 unspecified atom stereocenters. The Balaban J connectivity index is 1.46. The number of fused-ring (bicyclic) bond motifs is 3. The number of carboxylic acid groups (broad SMARTS) is 1. The molecule has 0 spiro atoms. The first-order valence-corrected chi connectivity index (χ1v) is 20.2. The van der Waals surface area contributed by atoms with E-state index < -0.39 is 6.09 Å². The predicted molar refractivity (Wildman–Crippen MR) is 206 cm³/mol. The van der Waals surface area contributed by atoms with Crippen molar-refractivity contribution in [2.45, 2.75) is 127 Å². The van der Waals surface area contributed by atoms with Gasteiger partial charge in [0.2, 0.25) is 0 Å². The van der Waals surface area contributed by atoms with Gasteiger partial charge < -0.3 is 19.6 Å². The molecule has 3 heterocycles. The highest BCUT2D eigenvalue weighted by molar-refractivity contribution is 14.1. The SMILES string of the molecule is CCCCCCCCCCCCSc1c(I)c(Br)c(OCc2ccccc2)c2nc(C(C)(C)C)nc(N3C[C@@H]4C[C@H]3CN4C(=O)O)c12. The van der Waals surface area contributed by atoms with Gasteiger partial charge in [-0.25, -0.2) is 14.8 Å². The third kappa shape index (κ3) is 8.87. The second kappa shape index (κ2) is 16.7. The molecule has 2 aliphatic heterocycles. The molecular weight excluding hydrogens is 787 g/mol. The zero-order valence-corrected chi connectivity index (χ0v) is 32.9. The standard InChI is InChI=1S/C37H50BrIN4O3S/c1-5-6-7-8-9-10-11-12-13-17-20-47-33-28-31(32(29(38)30(33)39)46-24-25-18-15-14-16-19-25)40-35(37(2,3)4)41-34(28)42-22-27-21-26(42)23-43(27)36(44)45/h14-16,18-19,26-27H,5-13,17,20-24H2,1-4H3,(H,44,45)/t26-,27-/m0/s1. The highest BCUT2D eigenvalue weighted by Crippen LogP contribution is 2.49. The zero-order chi connectivity index (χ0) is 33.6. The Labute approximate surface area is 307 Å². The van der Waals surface area contributed by atoms with Crippen LogP contribution in [-0.2, 0) is 12.0 Å². The third-order valence-electron chi connectivity index (χ3n) is 9.32. The second-order valence-corrected chi connectivity index (χ2v) is 17.0. The first kappa shape index (κ1) is 36.5. The maximum atomic E-state index is 11.9. The number of anilines is 1. The molecule has 2 aromatic carbocycles. The van der Waals surface area contributed by atoms with Crippen LogP contribution in [0.25, 0.3) is 10.9 Å². The summed E-state index contributed by atoms with van der Waals surface area (Å²) in [5.74, 6) is 3.44. The molecule has 2 bridgehead atoms. The van der Waals surface area contributed by atoms with E-state index in [0.717, 1.165) is 54.1 Å². The number of benzene rings is 2. The quantitative estimate of drug-likeness (QED) is 0.0874. The molecule has 1 N–H and O–H groups in total. The summed E-state index contributed by atoms with van der Waals surface area (Å²) in [5, 5.41) is 10.8. The van der Waals surface area contributed by atoms with Crippen LogP contribution in [0.5, 0.6) is 5.75 Å². The molecule has 5 rings (SSSR count). The summed E-state index contributed by atoms with van der Waals surface area (Å²) in [7, 11) is 0. The van der Waals surface area contributed by atoms with Crippen LogP contribution in [-0.4, -0.2) is 57.0 Å². The average molecular weight is 838 g/mol. The van der Waals surface area contributed by atoms with Gasteiger partial charge in [0.25, 0.3) is 0 Å². The van der Waals surface area contributed by atoms with Gasteiger partial charge in [0, 0.05) is 27.0 Å². The molecule has 0 saturated carbocycles. The largest absolute Gasteiger partial charge is 0.485 e. The van der Waals surface area contributed by atoms with Gasteiger partial charge in [0.05, 0.1) is 21.9 Å². The van der Waals surface area contributed by atoms with Crippen molar-refractivity contribution in [1.82, 2.24) is 14.9 Å². The van der Waals surface area contributed by atoms with Crippen LogP contribution in [0, 0.1) is 3.57 Å². The minimum atomic E-state index is -0.831. The van der Waals surface area contributed by atoms with Crippen LogP contribution in [0.3, 0.4) is 0 Å². The van der Waals surface area contributed by atoms with E-state index in [0.29, 0.717) is 19.7 Å². The molecule has 10 heteroatoms. The number of hydrogen-bond donors (Lipinski definition) is 1. The molecule has 7 nitrogen and oxygen atoms in total. The minimum Gasteiger partial charge on any atom is -0.485 e. The highest BCUT2D eigenvalue weighted by Gasteiger charge is 2.47. The van der Waals surface area contributed by atoms with Crippen molar-refractivity contribution >= 4 is 73.1 Å². The molecule has 47 heavy (non-hydrogen) atoms. The number of hydrogen-bond acceptors (Lipinski definition) is 6. The van der Waals surface area contributed by atoms with E-state index in [9.17, 15) is 9.90 Å². The second-order valence-electron chi connectivity index (χ2n) is 14.1. The monoisotopic (exact) mass is 836 g/mol. The molecule has 2 atom stereocenters. The Morgan fingerprint density at radius 3 is 2.26 bits per heavy atom. The van der Waals surface area contributed by atoms with E-state index in [2.05, 4.69) is 83.2 Å². The van der Waals surface area contributed by atoms with E-state index in [-0.39, 0.29) is 17.5 Å². The lowest BCUT2D eigenvalue weighted by molar-refractivity contribution is 0.137. The van der Waals surface area contributed by atoms with Crippen molar-refractivity contribution < 1.29 is 14.6 Å². The van der Waals surface area contributed by atoms with Gasteiger partial charge >= 0.3 is 6.09 Å². The summed E-state index contributed by atoms with van der Waals surface area (Å²) in [6, 6.07) is 10.3. The van der Waals surface area contributed by atoms with Gasteiger partial charge in [-0.2, -0.15) is 0 Å². The molecular formula is C37H50BrIN4O3S. The molecule has 0 aliphatic carbocycles. The van der Waals surface area contributed by atoms with E-state index in [4.69, 9.17) is 14.7 Å². The summed E-state index contributed by atoms with van der Waals surface area (Å²) in [5.41, 5.74) is 1.63. The Kier molecular flexibility index (Phi) is 13.0. The van der Waals surface area contributed by atoms with Crippen molar-refractivity contribution in [2.24, 2.45) is 0 Å². The molecule has 3 aromatic rings. The fraction of sp³-hybridized carbons (Fsp3) is 0.595. The van der Waals surface area contributed by atoms with Gasteiger partial charge in [0.15, 0.2) is 5.75 Å². The highest BCUT2D eigenvalue weighted by atomic mass is 127. The number of piperazine rings is 1. The van der Waals surface area contributed by atoms with Gasteiger partial charge in [0.1, 0.15) is 23.8 Å². The van der Waals surface area contributed by atoms with Crippen LogP contribution < -0.4 is 9.64 Å². The number of rotatable bonds is 16. The van der Waals surface area contributed by atoms with Gasteiger partial charge in [-0.1, -0.05) is 116 Å². The van der Waals surface area contributed by atoms with Crippen LogP contribution >= 0.6 is 50.3 Å². The lowest BCUT2D eigenvalue weighted by Gasteiger charge is -2.35. The normalized spacial score (nSPS) is 17.7. The molecule has 2 fully saturated rings. The Bertz CT molecular complexity index is 1520. The van der Waals surface area contributed by atoms with E-state index in [1.165, 1.54) is 69.1 Å². The van der Waals surface area contributed by atoms with Gasteiger partial charge in [-0.05, 0) is 62.7 Å². The van der Waals surface area contributed by atoms with Crippen LogP contribution in [0.4, 0.5) is 10.6 Å². The zero-order valence-electron chi connectivity index (χ0n) is 28.4. The summed E-state index contributed by atoms with van der Waals surface area (Å²) in [6.45, 7) is 10.3. The van der Waals surface area contributed by atoms with Crippen molar-refractivity contribution in [3.05, 3.63) is 49.8 Å². The molecule has 1 aromatic heterocycles. The van der Waals surface area contributed by atoms with Crippen molar-refractivity contribution in [2.75, 3.05) is 23.7 Å². The van der Waals surface area contributed by atoms with Crippen molar-refractivity contribution in [3.8, 4) is 5.75 Å². The molecule has 256 valence electrons. The first-order valence-electron chi connectivity index (χ1n) is 17.4. The average Bonchev–Trinajstić information content (AvgIpc) is 3.66. The number of nitrogens with zero attached hydrogens (tertiary/aromatic N) is 4. The lowest BCUT2D eigenvalue weighted by Crippen LogP contribution is -2.48. The number of amides is 1. The number of unbranched alkanes of at least 4 members (excludes halogenated alkanes) is 9. The maximum absolute atomic E-state index is 11.9. The maximum Gasteiger partial charge on any atom is 0.407 e. The number of likely N-dealkylation sites (tertiary alicyclic amines) is 1. The van der Waals surface area contributed by atoms with Crippen molar-refractivity contribution in [1.29, 1.82) is 0 Å². The number of carbonyl (C=O) groups is 1. The summed E-state index contributed by atoms with van der Waals surface area (Å²) in [4.78, 5) is 27.6. The van der Waals surface area contributed by atoms with Crippen LogP contribution in [0.15, 0.2) is 39.7 Å². The smallest absolute Gasteiger partial charge is 0.407 e. The van der Waals surface area contributed by atoms with Crippen LogP contribution in [0.2, 0.25) is 0 Å².